The number of aliphatic hydroxyl groups excluding tert-OH is 1. The molecule has 1 aliphatic rings. The molecule has 1 aliphatic heterocycles. The number of aliphatic hydroxyl groups is 1. The van der Waals surface area contributed by atoms with Gasteiger partial charge in [-0.15, -0.1) is 0 Å². The van der Waals surface area contributed by atoms with E-state index in [1.807, 2.05) is 0 Å². The van der Waals surface area contributed by atoms with Crippen LogP contribution in [0, 0.1) is 10.1 Å². The lowest BCUT2D eigenvalue weighted by Crippen LogP contribution is -2.29. The van der Waals surface area contributed by atoms with E-state index in [1.165, 1.54) is 30.2 Å². The van der Waals surface area contributed by atoms with Crippen molar-refractivity contribution < 1.29 is 24.4 Å². The monoisotopic (exact) mass is 445 g/mol. The summed E-state index contributed by atoms with van der Waals surface area (Å²) in [6.45, 7) is 0.0623. The lowest BCUT2D eigenvalue weighted by Gasteiger charge is -2.26. The maximum atomic E-state index is 13.1. The number of aromatic nitrogens is 1. The van der Waals surface area contributed by atoms with Gasteiger partial charge in [0, 0.05) is 42.2 Å². The van der Waals surface area contributed by atoms with Gasteiger partial charge in [0.05, 0.1) is 23.6 Å². The summed E-state index contributed by atoms with van der Waals surface area (Å²) in [6, 6.07) is 14.6. The van der Waals surface area contributed by atoms with Crippen LogP contribution in [0.25, 0.3) is 5.76 Å². The predicted molar refractivity (Wildman–Crippen MR) is 118 cm³/mol. The highest BCUT2D eigenvalue weighted by atomic mass is 16.6. The third-order valence-corrected chi connectivity index (χ3v) is 5.38. The van der Waals surface area contributed by atoms with Gasteiger partial charge in [0.2, 0.25) is 0 Å². The fourth-order valence-electron chi connectivity index (χ4n) is 3.87. The summed E-state index contributed by atoms with van der Waals surface area (Å²) in [5, 5.41) is 22.3. The standard InChI is InChI=1S/C24H19N3O6/c1-33-19-10-3-2-9-18(19)21-20(22(28)16-7-4-8-17(12-16)27(31)32)23(29)24(30)26(21)14-15-6-5-11-25-13-15/h2-13,21,28H,14H2,1H3/b22-20+. The first-order chi connectivity index (χ1) is 15.9. The molecule has 1 amide bonds. The number of carbonyl (C=O) groups excluding carboxylic acids is 2. The smallest absolute Gasteiger partial charge is 0.295 e. The van der Waals surface area contributed by atoms with Gasteiger partial charge in [-0.1, -0.05) is 36.4 Å². The number of para-hydroxylation sites is 1. The van der Waals surface area contributed by atoms with Crippen molar-refractivity contribution in [3.05, 3.63) is 105 Å². The molecule has 166 valence electrons. The van der Waals surface area contributed by atoms with Crippen LogP contribution in [0.3, 0.4) is 0 Å². The Morgan fingerprint density at radius 1 is 1.15 bits per heavy atom. The third kappa shape index (κ3) is 4.03. The van der Waals surface area contributed by atoms with Crippen molar-refractivity contribution in [2.75, 3.05) is 7.11 Å². The zero-order chi connectivity index (χ0) is 23.5. The molecule has 1 saturated heterocycles. The normalized spacial score (nSPS) is 17.2. The zero-order valence-electron chi connectivity index (χ0n) is 17.5. The van der Waals surface area contributed by atoms with Crippen molar-refractivity contribution in [3.63, 3.8) is 0 Å². The molecule has 1 atom stereocenters. The van der Waals surface area contributed by atoms with E-state index in [0.717, 1.165) is 6.07 Å². The molecule has 0 bridgehead atoms. The van der Waals surface area contributed by atoms with Gasteiger partial charge in [-0.3, -0.25) is 24.7 Å². The predicted octanol–water partition coefficient (Wildman–Crippen LogP) is 3.62. The number of nitro benzene ring substituents is 1. The number of ketones is 1. The molecule has 1 aromatic heterocycles. The zero-order valence-corrected chi connectivity index (χ0v) is 17.5. The quantitative estimate of drug-likeness (QED) is 0.202. The van der Waals surface area contributed by atoms with E-state index >= 15 is 0 Å². The molecule has 0 aliphatic carbocycles. The van der Waals surface area contributed by atoms with E-state index in [-0.39, 0.29) is 23.4 Å². The van der Waals surface area contributed by atoms with Gasteiger partial charge >= 0.3 is 0 Å². The molecular formula is C24H19N3O6. The van der Waals surface area contributed by atoms with Crippen LogP contribution in [0.2, 0.25) is 0 Å². The third-order valence-electron chi connectivity index (χ3n) is 5.38. The molecule has 1 unspecified atom stereocenters. The van der Waals surface area contributed by atoms with Crippen molar-refractivity contribution in [1.29, 1.82) is 0 Å². The Morgan fingerprint density at radius 3 is 2.64 bits per heavy atom. The first-order valence-electron chi connectivity index (χ1n) is 9.97. The molecule has 3 aromatic rings. The summed E-state index contributed by atoms with van der Waals surface area (Å²) < 4.78 is 5.46. The second kappa shape index (κ2) is 8.91. The number of methoxy groups -OCH3 is 1. The molecule has 0 spiro atoms. The summed E-state index contributed by atoms with van der Waals surface area (Å²) in [6.07, 6.45) is 3.18. The first-order valence-corrected chi connectivity index (χ1v) is 9.97. The van der Waals surface area contributed by atoms with Crippen LogP contribution in [0.1, 0.15) is 22.7 Å². The topological polar surface area (TPSA) is 123 Å². The Morgan fingerprint density at radius 2 is 1.94 bits per heavy atom. The molecule has 9 nitrogen and oxygen atoms in total. The van der Waals surface area contributed by atoms with Crippen molar-refractivity contribution in [2.24, 2.45) is 0 Å². The van der Waals surface area contributed by atoms with E-state index in [1.54, 1.807) is 48.8 Å². The first kappa shape index (κ1) is 21.7. The van der Waals surface area contributed by atoms with Gasteiger partial charge in [-0.25, -0.2) is 0 Å². The lowest BCUT2D eigenvalue weighted by molar-refractivity contribution is -0.384. The van der Waals surface area contributed by atoms with Crippen molar-refractivity contribution >= 4 is 23.1 Å². The summed E-state index contributed by atoms with van der Waals surface area (Å²) >= 11 is 0. The molecule has 1 fully saturated rings. The summed E-state index contributed by atoms with van der Waals surface area (Å²) in [5.74, 6) is -1.77. The minimum absolute atomic E-state index is 0.0588. The van der Waals surface area contributed by atoms with Crippen LogP contribution in [-0.4, -0.2) is 38.7 Å². The van der Waals surface area contributed by atoms with Gasteiger partial charge < -0.3 is 14.7 Å². The molecule has 1 N–H and O–H groups in total. The second-order valence-corrected chi connectivity index (χ2v) is 7.34. The van der Waals surface area contributed by atoms with Crippen LogP contribution in [0.4, 0.5) is 5.69 Å². The Kier molecular flexibility index (Phi) is 5.86. The van der Waals surface area contributed by atoms with E-state index < -0.39 is 28.4 Å². The number of amides is 1. The van der Waals surface area contributed by atoms with Crippen LogP contribution in [0.5, 0.6) is 5.75 Å². The van der Waals surface area contributed by atoms with Crippen LogP contribution in [0.15, 0.2) is 78.6 Å². The minimum atomic E-state index is -0.972. The number of Topliss-reactive ketones (excluding diaryl/α,β-unsaturated/α-hetero) is 1. The molecular weight excluding hydrogens is 426 g/mol. The lowest BCUT2D eigenvalue weighted by atomic mass is 9.94. The highest BCUT2D eigenvalue weighted by Crippen LogP contribution is 2.43. The van der Waals surface area contributed by atoms with Crippen LogP contribution >= 0.6 is 0 Å². The number of ether oxygens (including phenoxy) is 1. The number of pyridine rings is 1. The second-order valence-electron chi connectivity index (χ2n) is 7.34. The van der Waals surface area contributed by atoms with Crippen molar-refractivity contribution in [2.45, 2.75) is 12.6 Å². The maximum Gasteiger partial charge on any atom is 0.295 e. The summed E-state index contributed by atoms with van der Waals surface area (Å²) in [4.78, 5) is 42.2. The Labute approximate surface area is 188 Å². The summed E-state index contributed by atoms with van der Waals surface area (Å²) in [5.41, 5.74) is 0.819. The van der Waals surface area contributed by atoms with Crippen LogP contribution in [-0.2, 0) is 16.1 Å². The highest BCUT2D eigenvalue weighted by molar-refractivity contribution is 6.46. The van der Waals surface area contributed by atoms with E-state index in [2.05, 4.69) is 4.98 Å². The SMILES string of the molecule is COc1ccccc1C1/C(=C(\O)c2cccc([N+](=O)[O-])c2)C(=O)C(=O)N1Cc1cccnc1. The number of likely N-dealkylation sites (tertiary alicyclic amines) is 1. The van der Waals surface area contributed by atoms with Gasteiger partial charge in [0.25, 0.3) is 17.4 Å². The molecule has 2 aromatic carbocycles. The number of carbonyl (C=O) groups is 2. The number of hydrogen-bond donors (Lipinski definition) is 1. The molecule has 9 heteroatoms. The van der Waals surface area contributed by atoms with Crippen molar-refractivity contribution in [1.82, 2.24) is 9.88 Å². The maximum absolute atomic E-state index is 13.1. The van der Waals surface area contributed by atoms with Gasteiger partial charge in [0.15, 0.2) is 0 Å². The molecule has 4 rings (SSSR count). The van der Waals surface area contributed by atoms with E-state index in [4.69, 9.17) is 4.74 Å². The van der Waals surface area contributed by atoms with Gasteiger partial charge in [-0.05, 0) is 17.7 Å². The average Bonchev–Trinajstić information content (AvgIpc) is 3.09. The van der Waals surface area contributed by atoms with Gasteiger partial charge in [0.1, 0.15) is 11.5 Å². The minimum Gasteiger partial charge on any atom is -0.507 e. The highest BCUT2D eigenvalue weighted by Gasteiger charge is 2.47. The molecule has 2 heterocycles. The Bertz CT molecular complexity index is 1270. The number of benzene rings is 2. The Hall–Kier alpha value is -4.53. The Balaban J connectivity index is 1.91. The fourth-order valence-corrected chi connectivity index (χ4v) is 3.87. The number of nitrogens with zero attached hydrogens (tertiary/aromatic N) is 3. The molecule has 0 radical (unpaired) electrons. The largest absolute Gasteiger partial charge is 0.507 e. The molecule has 33 heavy (non-hydrogen) atoms. The number of nitro groups is 1. The summed E-state index contributed by atoms with van der Waals surface area (Å²) in [7, 11) is 1.46. The van der Waals surface area contributed by atoms with E-state index in [0.29, 0.717) is 16.9 Å². The number of rotatable bonds is 6. The number of non-ortho nitro benzene ring substituents is 1. The van der Waals surface area contributed by atoms with Crippen LogP contribution < -0.4 is 4.74 Å². The van der Waals surface area contributed by atoms with Crippen molar-refractivity contribution in [3.8, 4) is 5.75 Å². The average molecular weight is 445 g/mol. The van der Waals surface area contributed by atoms with Gasteiger partial charge in [-0.2, -0.15) is 0 Å². The number of hydrogen-bond acceptors (Lipinski definition) is 7. The van der Waals surface area contributed by atoms with E-state index in [9.17, 15) is 24.8 Å². The fraction of sp³-hybridized carbons (Fsp3) is 0.125. The molecule has 0 saturated carbocycles.